The van der Waals surface area contributed by atoms with Gasteiger partial charge in [-0.1, -0.05) is 39.6 Å². The zero-order valence-electron chi connectivity index (χ0n) is 10.2. The average molecular weight is 312 g/mol. The minimum atomic E-state index is 0.0624. The van der Waals surface area contributed by atoms with E-state index in [1.165, 1.54) is 12.0 Å². The summed E-state index contributed by atoms with van der Waals surface area (Å²) in [5, 5.41) is 12.0. The average Bonchev–Trinajstić information content (AvgIpc) is 2.41. The van der Waals surface area contributed by atoms with Crippen LogP contribution in [0, 0.1) is 0 Å². The Bertz CT molecular complexity index is 419. The van der Waals surface area contributed by atoms with Crippen LogP contribution < -0.4 is 5.73 Å². The number of amidine groups is 1. The summed E-state index contributed by atoms with van der Waals surface area (Å²) in [5.74, 6) is 0.326. The molecule has 0 spiro atoms. The Morgan fingerprint density at radius 2 is 2.11 bits per heavy atom. The largest absolute Gasteiger partial charge is 0.409 e. The van der Waals surface area contributed by atoms with Gasteiger partial charge in [0.25, 0.3) is 0 Å². The van der Waals surface area contributed by atoms with Crippen LogP contribution in [0.2, 0.25) is 0 Å². The van der Waals surface area contributed by atoms with Gasteiger partial charge in [0, 0.05) is 11.0 Å². The maximum Gasteiger partial charge on any atom is 0.156 e. The predicted molar refractivity (Wildman–Crippen MR) is 75.6 cm³/mol. The van der Waals surface area contributed by atoms with E-state index in [2.05, 4.69) is 38.1 Å². The Morgan fingerprint density at radius 1 is 1.39 bits per heavy atom. The van der Waals surface area contributed by atoms with E-state index in [0.29, 0.717) is 5.84 Å². The van der Waals surface area contributed by atoms with Crippen molar-refractivity contribution in [3.8, 4) is 0 Å². The molecule has 1 unspecified atom stereocenters. The molecule has 1 aromatic rings. The number of hydrogen-bond donors (Lipinski definition) is 2. The topological polar surface area (TPSA) is 61.9 Å². The fourth-order valence-corrected chi connectivity index (χ4v) is 2.67. The molecule has 1 aliphatic rings. The predicted octanol–water partition coefficient (Wildman–Crippen LogP) is 2.55. The Labute approximate surface area is 116 Å². The molecule has 0 radical (unpaired) electrons. The lowest BCUT2D eigenvalue weighted by Crippen LogP contribution is -2.47. The smallest absolute Gasteiger partial charge is 0.156 e. The van der Waals surface area contributed by atoms with E-state index in [1.807, 2.05) is 12.1 Å². The lowest BCUT2D eigenvalue weighted by Gasteiger charge is -2.34. The maximum absolute atomic E-state index is 8.84. The van der Waals surface area contributed by atoms with Crippen LogP contribution >= 0.6 is 15.9 Å². The summed E-state index contributed by atoms with van der Waals surface area (Å²) in [6, 6.07) is 8.34. The van der Waals surface area contributed by atoms with Gasteiger partial charge in [-0.3, -0.25) is 4.90 Å². The number of nitrogens with zero attached hydrogens (tertiary/aromatic N) is 2. The number of benzene rings is 1. The highest BCUT2D eigenvalue weighted by Crippen LogP contribution is 2.20. The van der Waals surface area contributed by atoms with Crippen LogP contribution in [0.15, 0.2) is 33.9 Å². The van der Waals surface area contributed by atoms with Gasteiger partial charge in [-0.05, 0) is 37.1 Å². The molecule has 1 fully saturated rings. The Morgan fingerprint density at radius 3 is 2.78 bits per heavy atom. The number of nitrogens with two attached hydrogens (primary N) is 1. The molecule has 1 atom stereocenters. The van der Waals surface area contributed by atoms with E-state index in [9.17, 15) is 0 Å². The van der Waals surface area contributed by atoms with E-state index in [1.54, 1.807) is 0 Å². The van der Waals surface area contributed by atoms with Crippen LogP contribution in [-0.4, -0.2) is 28.5 Å². The molecule has 4 nitrogen and oxygen atoms in total. The van der Waals surface area contributed by atoms with Gasteiger partial charge >= 0.3 is 0 Å². The standard InChI is InChI=1S/C13H18BrN3O/c14-11-6-4-10(5-7-11)9-17-8-2-1-3-12(17)13(15)16-18/h4-7,12,18H,1-3,8-9H2,(H2,15,16). The molecule has 98 valence electrons. The minimum Gasteiger partial charge on any atom is -0.409 e. The number of piperidine rings is 1. The molecule has 0 amide bonds. The molecule has 0 bridgehead atoms. The molecule has 0 saturated carbocycles. The molecule has 2 rings (SSSR count). The van der Waals surface area contributed by atoms with Gasteiger partial charge in [0.1, 0.15) is 0 Å². The van der Waals surface area contributed by atoms with Crippen LogP contribution in [-0.2, 0) is 6.54 Å². The molecule has 1 aliphatic heterocycles. The van der Waals surface area contributed by atoms with Crippen molar-refractivity contribution < 1.29 is 5.21 Å². The van der Waals surface area contributed by atoms with E-state index in [-0.39, 0.29) is 6.04 Å². The van der Waals surface area contributed by atoms with Gasteiger partial charge in [-0.2, -0.15) is 0 Å². The van der Waals surface area contributed by atoms with Crippen LogP contribution in [0.3, 0.4) is 0 Å². The van der Waals surface area contributed by atoms with Crippen LogP contribution in [0.25, 0.3) is 0 Å². The number of likely N-dealkylation sites (tertiary alicyclic amines) is 1. The Kier molecular flexibility index (Phi) is 4.60. The van der Waals surface area contributed by atoms with Crippen molar-refractivity contribution >= 4 is 21.8 Å². The van der Waals surface area contributed by atoms with Gasteiger partial charge in [0.05, 0.1) is 6.04 Å². The van der Waals surface area contributed by atoms with Crippen LogP contribution in [0.5, 0.6) is 0 Å². The minimum absolute atomic E-state index is 0.0624. The fraction of sp³-hybridized carbons (Fsp3) is 0.462. The lowest BCUT2D eigenvalue weighted by molar-refractivity contribution is 0.178. The number of rotatable bonds is 3. The summed E-state index contributed by atoms with van der Waals surface area (Å²) < 4.78 is 1.08. The third-order valence-corrected chi connectivity index (χ3v) is 3.90. The number of halogens is 1. The summed E-state index contributed by atoms with van der Waals surface area (Å²) in [6.45, 7) is 1.84. The Balaban J connectivity index is 2.07. The van der Waals surface area contributed by atoms with E-state index in [4.69, 9.17) is 10.9 Å². The third kappa shape index (κ3) is 3.23. The van der Waals surface area contributed by atoms with Crippen LogP contribution in [0.4, 0.5) is 0 Å². The number of hydrogen-bond acceptors (Lipinski definition) is 3. The molecular formula is C13H18BrN3O. The first-order valence-corrected chi connectivity index (χ1v) is 6.96. The maximum atomic E-state index is 8.84. The van der Waals surface area contributed by atoms with E-state index in [0.717, 1.165) is 30.4 Å². The molecule has 1 heterocycles. The summed E-state index contributed by atoms with van der Waals surface area (Å²) in [6.07, 6.45) is 3.27. The van der Waals surface area contributed by atoms with Gasteiger partial charge in [-0.15, -0.1) is 0 Å². The van der Waals surface area contributed by atoms with Crippen molar-refractivity contribution in [2.24, 2.45) is 10.9 Å². The van der Waals surface area contributed by atoms with Crippen molar-refractivity contribution in [1.82, 2.24) is 4.90 Å². The second-order valence-electron chi connectivity index (χ2n) is 4.63. The van der Waals surface area contributed by atoms with Crippen molar-refractivity contribution in [2.75, 3.05) is 6.54 Å². The zero-order valence-corrected chi connectivity index (χ0v) is 11.8. The quantitative estimate of drug-likeness (QED) is 0.390. The highest BCUT2D eigenvalue weighted by Gasteiger charge is 2.25. The lowest BCUT2D eigenvalue weighted by atomic mass is 10.0. The second-order valence-corrected chi connectivity index (χ2v) is 5.55. The van der Waals surface area contributed by atoms with Crippen molar-refractivity contribution in [2.45, 2.75) is 31.8 Å². The third-order valence-electron chi connectivity index (χ3n) is 3.37. The molecule has 1 aromatic carbocycles. The number of oxime groups is 1. The van der Waals surface area contributed by atoms with Gasteiger partial charge in [0.15, 0.2) is 5.84 Å². The first kappa shape index (κ1) is 13.4. The highest BCUT2D eigenvalue weighted by molar-refractivity contribution is 9.10. The zero-order chi connectivity index (χ0) is 13.0. The second kappa shape index (κ2) is 6.20. The molecule has 0 aliphatic carbocycles. The highest BCUT2D eigenvalue weighted by atomic mass is 79.9. The molecule has 1 saturated heterocycles. The normalized spacial score (nSPS) is 22.1. The fourth-order valence-electron chi connectivity index (χ4n) is 2.41. The van der Waals surface area contributed by atoms with Gasteiger partial charge < -0.3 is 10.9 Å². The van der Waals surface area contributed by atoms with Crippen molar-refractivity contribution in [3.63, 3.8) is 0 Å². The first-order chi connectivity index (χ1) is 8.70. The van der Waals surface area contributed by atoms with Crippen molar-refractivity contribution in [3.05, 3.63) is 34.3 Å². The van der Waals surface area contributed by atoms with Gasteiger partial charge in [-0.25, -0.2) is 0 Å². The van der Waals surface area contributed by atoms with Crippen LogP contribution in [0.1, 0.15) is 24.8 Å². The molecule has 0 aromatic heterocycles. The molecule has 18 heavy (non-hydrogen) atoms. The van der Waals surface area contributed by atoms with E-state index >= 15 is 0 Å². The monoisotopic (exact) mass is 311 g/mol. The van der Waals surface area contributed by atoms with E-state index < -0.39 is 0 Å². The summed E-state index contributed by atoms with van der Waals surface area (Å²) in [7, 11) is 0. The summed E-state index contributed by atoms with van der Waals surface area (Å²) >= 11 is 3.43. The SMILES string of the molecule is NC(=NO)C1CCCCN1Cc1ccc(Br)cc1. The Hall–Kier alpha value is -1.07. The van der Waals surface area contributed by atoms with Crippen molar-refractivity contribution in [1.29, 1.82) is 0 Å². The first-order valence-electron chi connectivity index (χ1n) is 6.16. The molecule has 3 N–H and O–H groups in total. The molecular weight excluding hydrogens is 294 g/mol. The summed E-state index contributed by atoms with van der Waals surface area (Å²) in [5.41, 5.74) is 7.01. The molecule has 5 heteroatoms. The summed E-state index contributed by atoms with van der Waals surface area (Å²) in [4.78, 5) is 2.28. The van der Waals surface area contributed by atoms with Gasteiger partial charge in [0.2, 0.25) is 0 Å².